The predicted octanol–water partition coefficient (Wildman–Crippen LogP) is 5.89. The highest BCUT2D eigenvalue weighted by Gasteiger charge is 2.64. The maximum Gasteiger partial charge on any atom is 0.332 e. The van der Waals surface area contributed by atoms with Gasteiger partial charge >= 0.3 is 6.03 Å². The molecule has 0 bridgehead atoms. The molecule has 2 aliphatic heterocycles. The zero-order chi connectivity index (χ0) is 27.1. The van der Waals surface area contributed by atoms with Gasteiger partial charge in [-0.2, -0.15) is 0 Å². The maximum absolute atomic E-state index is 14.4. The van der Waals surface area contributed by atoms with Crippen molar-refractivity contribution in [3.8, 4) is 11.1 Å². The van der Waals surface area contributed by atoms with Crippen LogP contribution in [0.25, 0.3) is 11.1 Å². The molecular formula is C30H25Cl2N5O2. The number of amides is 3. The standard InChI is InChI=1S/C30H25Cl2N5O2/c1-35-29(39)37(26-12-24(31)11-25(32)13-26)28(38)30(35)18-36(16-20-5-3-2-4-6-20)17-27(30)22-9-7-21(8-10-22)23-14-33-19-34-15-23/h2-15,19,27H,16-18H2,1H3/t27-,30-/m1/s1. The zero-order valence-electron chi connectivity index (χ0n) is 21.2. The molecule has 1 aromatic heterocycles. The van der Waals surface area contributed by atoms with Gasteiger partial charge in [0.15, 0.2) is 0 Å². The van der Waals surface area contributed by atoms with Crippen molar-refractivity contribution in [1.82, 2.24) is 19.8 Å². The summed E-state index contributed by atoms with van der Waals surface area (Å²) in [4.78, 5) is 41.4. The third-order valence-electron chi connectivity index (χ3n) is 7.69. The first-order chi connectivity index (χ1) is 18.9. The molecule has 0 aliphatic carbocycles. The summed E-state index contributed by atoms with van der Waals surface area (Å²) < 4.78 is 0. The number of rotatable bonds is 5. The summed E-state index contributed by atoms with van der Waals surface area (Å²) in [5.74, 6) is -0.544. The molecule has 0 N–H and O–H groups in total. The molecule has 4 aromatic rings. The molecule has 7 nitrogen and oxygen atoms in total. The van der Waals surface area contributed by atoms with Crippen molar-refractivity contribution in [3.63, 3.8) is 0 Å². The number of carbonyl (C=O) groups is 2. The van der Waals surface area contributed by atoms with Crippen molar-refractivity contribution in [2.75, 3.05) is 25.0 Å². The molecule has 3 aromatic carbocycles. The second-order valence-electron chi connectivity index (χ2n) is 9.99. The van der Waals surface area contributed by atoms with Crippen LogP contribution in [0.4, 0.5) is 10.5 Å². The second-order valence-corrected chi connectivity index (χ2v) is 10.9. The Morgan fingerprint density at radius 2 is 1.56 bits per heavy atom. The smallest absolute Gasteiger partial charge is 0.310 e. The fraction of sp³-hybridized carbons (Fsp3) is 0.200. The van der Waals surface area contributed by atoms with Crippen LogP contribution < -0.4 is 4.90 Å². The van der Waals surface area contributed by atoms with Crippen LogP contribution >= 0.6 is 23.2 Å². The van der Waals surface area contributed by atoms with Gasteiger partial charge < -0.3 is 4.90 Å². The number of imide groups is 1. The largest absolute Gasteiger partial charge is 0.332 e. The van der Waals surface area contributed by atoms with Crippen LogP contribution in [-0.4, -0.2) is 57.4 Å². The Morgan fingerprint density at radius 3 is 2.23 bits per heavy atom. The molecule has 3 heterocycles. The number of halogens is 2. The molecular weight excluding hydrogens is 533 g/mol. The molecule has 39 heavy (non-hydrogen) atoms. The Morgan fingerprint density at radius 1 is 0.897 bits per heavy atom. The summed E-state index contributed by atoms with van der Waals surface area (Å²) in [5.41, 5.74) is 3.27. The van der Waals surface area contributed by atoms with Crippen molar-refractivity contribution >= 4 is 40.8 Å². The van der Waals surface area contributed by atoms with Crippen molar-refractivity contribution in [1.29, 1.82) is 0 Å². The lowest BCUT2D eigenvalue weighted by Gasteiger charge is -2.34. The number of likely N-dealkylation sites (tertiary alicyclic amines) is 1. The first-order valence-corrected chi connectivity index (χ1v) is 13.3. The summed E-state index contributed by atoms with van der Waals surface area (Å²) >= 11 is 12.5. The van der Waals surface area contributed by atoms with Crippen LogP contribution in [0.3, 0.4) is 0 Å². The average molecular weight is 558 g/mol. The molecule has 1 spiro atoms. The van der Waals surface area contributed by atoms with Crippen LogP contribution in [-0.2, 0) is 11.3 Å². The molecule has 2 fully saturated rings. The van der Waals surface area contributed by atoms with E-state index in [1.54, 1.807) is 42.5 Å². The number of aromatic nitrogens is 2. The van der Waals surface area contributed by atoms with Gasteiger partial charge in [-0.15, -0.1) is 0 Å². The highest BCUT2D eigenvalue weighted by atomic mass is 35.5. The van der Waals surface area contributed by atoms with Crippen molar-refractivity contribution in [2.45, 2.75) is 18.0 Å². The topological polar surface area (TPSA) is 69.6 Å². The molecule has 9 heteroatoms. The van der Waals surface area contributed by atoms with Crippen LogP contribution in [0.2, 0.25) is 10.0 Å². The number of nitrogens with zero attached hydrogens (tertiary/aromatic N) is 5. The summed E-state index contributed by atoms with van der Waals surface area (Å²) in [5, 5.41) is 0.715. The average Bonchev–Trinajstić information content (AvgIpc) is 3.41. The van der Waals surface area contributed by atoms with E-state index in [2.05, 4.69) is 27.0 Å². The van der Waals surface area contributed by atoms with E-state index in [1.165, 1.54) is 11.2 Å². The van der Waals surface area contributed by atoms with Gasteiger partial charge in [0.2, 0.25) is 0 Å². The molecule has 6 rings (SSSR count). The van der Waals surface area contributed by atoms with E-state index in [1.807, 2.05) is 42.5 Å². The lowest BCUT2D eigenvalue weighted by Crippen LogP contribution is -2.53. The number of hydrogen-bond donors (Lipinski definition) is 0. The van der Waals surface area contributed by atoms with Gasteiger partial charge in [0.05, 0.1) is 5.69 Å². The highest BCUT2D eigenvalue weighted by Crippen LogP contribution is 2.47. The maximum atomic E-state index is 14.4. The van der Waals surface area contributed by atoms with E-state index in [0.717, 1.165) is 22.3 Å². The van der Waals surface area contributed by atoms with Crippen LogP contribution in [0.15, 0.2) is 91.5 Å². The molecule has 3 amide bonds. The summed E-state index contributed by atoms with van der Waals surface area (Å²) in [7, 11) is 1.71. The van der Waals surface area contributed by atoms with Crippen molar-refractivity contribution < 1.29 is 9.59 Å². The number of urea groups is 1. The first-order valence-electron chi connectivity index (χ1n) is 12.6. The normalized spacial score (nSPS) is 21.4. The molecule has 2 atom stereocenters. The summed E-state index contributed by atoms with van der Waals surface area (Å²) in [6, 6.07) is 22.6. The lowest BCUT2D eigenvalue weighted by molar-refractivity contribution is -0.124. The van der Waals surface area contributed by atoms with E-state index in [9.17, 15) is 9.59 Å². The van der Waals surface area contributed by atoms with Gasteiger partial charge in [0.25, 0.3) is 5.91 Å². The Balaban J connectivity index is 1.41. The monoisotopic (exact) mass is 557 g/mol. The summed E-state index contributed by atoms with van der Waals surface area (Å²) in [6.45, 7) is 1.67. The number of likely N-dealkylation sites (N-methyl/N-ethyl adjacent to an activating group) is 1. The number of benzene rings is 3. The lowest BCUT2D eigenvalue weighted by atomic mass is 9.80. The molecule has 2 aliphatic rings. The quantitative estimate of drug-likeness (QED) is 0.286. The Kier molecular flexibility index (Phi) is 6.59. The van der Waals surface area contributed by atoms with E-state index in [0.29, 0.717) is 35.4 Å². The van der Waals surface area contributed by atoms with Gasteiger partial charge in [0.1, 0.15) is 11.9 Å². The second kappa shape index (κ2) is 10.1. The Labute approximate surface area is 236 Å². The van der Waals surface area contributed by atoms with E-state index in [4.69, 9.17) is 23.2 Å². The van der Waals surface area contributed by atoms with Crippen LogP contribution in [0.1, 0.15) is 17.0 Å². The third kappa shape index (κ3) is 4.46. The first kappa shape index (κ1) is 25.5. The van der Waals surface area contributed by atoms with Gasteiger partial charge in [-0.05, 0) is 34.9 Å². The fourth-order valence-corrected chi connectivity index (χ4v) is 6.34. The molecule has 0 radical (unpaired) electrons. The Hall–Kier alpha value is -3.78. The number of anilines is 1. The van der Waals surface area contributed by atoms with E-state index >= 15 is 0 Å². The molecule has 0 unspecified atom stereocenters. The number of carbonyl (C=O) groups excluding carboxylic acids is 2. The van der Waals surface area contributed by atoms with Gasteiger partial charge in [-0.3, -0.25) is 9.69 Å². The minimum Gasteiger partial charge on any atom is -0.310 e. The van der Waals surface area contributed by atoms with E-state index in [-0.39, 0.29) is 11.8 Å². The highest BCUT2D eigenvalue weighted by molar-refractivity contribution is 6.35. The van der Waals surface area contributed by atoms with Gasteiger partial charge in [-0.25, -0.2) is 19.7 Å². The van der Waals surface area contributed by atoms with E-state index < -0.39 is 11.6 Å². The molecule has 0 saturated carbocycles. The van der Waals surface area contributed by atoms with Crippen LogP contribution in [0.5, 0.6) is 0 Å². The number of hydrogen-bond acceptors (Lipinski definition) is 5. The fourth-order valence-electron chi connectivity index (χ4n) is 5.82. The molecule has 196 valence electrons. The van der Waals surface area contributed by atoms with Crippen molar-refractivity contribution in [3.05, 3.63) is 113 Å². The SMILES string of the molecule is CN1C(=O)N(c2cc(Cl)cc(Cl)c2)C(=O)[C@]12CN(Cc1ccccc1)C[C@@H]2c1ccc(-c2cncnc2)cc1. The van der Waals surface area contributed by atoms with Gasteiger partial charge in [-0.1, -0.05) is 77.8 Å². The van der Waals surface area contributed by atoms with Crippen LogP contribution in [0, 0.1) is 0 Å². The minimum atomic E-state index is -1.10. The van der Waals surface area contributed by atoms with Crippen molar-refractivity contribution in [2.24, 2.45) is 0 Å². The molecule has 2 saturated heterocycles. The minimum absolute atomic E-state index is 0.261. The predicted molar refractivity (Wildman–Crippen MR) is 152 cm³/mol. The summed E-state index contributed by atoms with van der Waals surface area (Å²) in [6.07, 6.45) is 5.03. The zero-order valence-corrected chi connectivity index (χ0v) is 22.7. The third-order valence-corrected chi connectivity index (χ3v) is 8.13. The van der Waals surface area contributed by atoms with Gasteiger partial charge in [0, 0.05) is 60.6 Å². The Bertz CT molecular complexity index is 1510.